The van der Waals surface area contributed by atoms with Gasteiger partial charge in [-0.15, -0.1) is 0 Å². The molecule has 6 nitrogen and oxygen atoms in total. The van der Waals surface area contributed by atoms with Gasteiger partial charge in [0.15, 0.2) is 0 Å². The smallest absolute Gasteiger partial charge is 0.253 e. The van der Waals surface area contributed by atoms with E-state index >= 15 is 0 Å². The van der Waals surface area contributed by atoms with Gasteiger partial charge in [-0.25, -0.2) is 0 Å². The first-order valence-electron chi connectivity index (χ1n) is 13.5. The fourth-order valence-corrected chi connectivity index (χ4v) is 6.72. The molecule has 0 radical (unpaired) electrons. The van der Waals surface area contributed by atoms with Crippen LogP contribution >= 0.6 is 0 Å². The molecule has 2 aliphatic carbocycles. The molecule has 1 aromatic carbocycles. The van der Waals surface area contributed by atoms with Crippen LogP contribution in [0.15, 0.2) is 41.2 Å². The Morgan fingerprint density at radius 1 is 1.03 bits per heavy atom. The maximum absolute atomic E-state index is 13.4. The molecule has 2 N–H and O–H groups in total. The number of benzene rings is 1. The summed E-state index contributed by atoms with van der Waals surface area (Å²) >= 11 is 0. The molecule has 1 aromatic heterocycles. The third-order valence-electron chi connectivity index (χ3n) is 8.75. The standard InChI is InChI=1S/C30H40N4O2/c1-5-34(23-17-30(18-23)15-22(16-30)33(3)4)27-13-9-12-25-24(27)11-8-6-7-10-21-14-20(2)32-29(36)26(21)19-31-28(25)35/h6,8-9,12-14,22-23H,5,7,10-11,15-19H2,1-4H3,(H,31,35)(H,32,36). The van der Waals surface area contributed by atoms with E-state index in [2.05, 4.69) is 59.3 Å². The molecule has 1 amide bonds. The van der Waals surface area contributed by atoms with Crippen LogP contribution in [0.4, 0.5) is 5.69 Å². The molecule has 3 aliphatic rings. The molecule has 36 heavy (non-hydrogen) atoms. The lowest BCUT2D eigenvalue weighted by molar-refractivity contribution is -0.0530. The summed E-state index contributed by atoms with van der Waals surface area (Å²) in [6.45, 7) is 5.30. The molecule has 2 heterocycles. The third-order valence-corrected chi connectivity index (χ3v) is 8.75. The molecule has 192 valence electrons. The Hall–Kier alpha value is -2.86. The molecule has 1 aliphatic heterocycles. The molecule has 2 fully saturated rings. The van der Waals surface area contributed by atoms with E-state index < -0.39 is 0 Å². The topological polar surface area (TPSA) is 68.4 Å². The summed E-state index contributed by atoms with van der Waals surface area (Å²) in [5.41, 5.74) is 5.93. The largest absolute Gasteiger partial charge is 0.369 e. The van der Waals surface area contributed by atoms with Crippen molar-refractivity contribution in [3.8, 4) is 0 Å². The van der Waals surface area contributed by atoms with Gasteiger partial charge >= 0.3 is 0 Å². The van der Waals surface area contributed by atoms with E-state index in [0.29, 0.717) is 22.6 Å². The number of H-pyrrole nitrogens is 1. The second-order valence-electron chi connectivity index (χ2n) is 11.4. The van der Waals surface area contributed by atoms with E-state index in [1.165, 1.54) is 31.4 Å². The van der Waals surface area contributed by atoms with Crippen molar-refractivity contribution in [3.63, 3.8) is 0 Å². The van der Waals surface area contributed by atoms with E-state index in [1.54, 1.807) is 0 Å². The Morgan fingerprint density at radius 2 is 1.78 bits per heavy atom. The highest BCUT2D eigenvalue weighted by molar-refractivity contribution is 5.97. The van der Waals surface area contributed by atoms with Crippen LogP contribution in [0.2, 0.25) is 0 Å². The van der Waals surface area contributed by atoms with Gasteiger partial charge in [0, 0.05) is 47.7 Å². The molecule has 5 rings (SSSR count). The number of anilines is 1. The number of carbonyl (C=O) groups is 1. The van der Waals surface area contributed by atoms with Gasteiger partial charge in [-0.3, -0.25) is 9.59 Å². The number of nitrogens with one attached hydrogen (secondary N) is 2. The highest BCUT2D eigenvalue weighted by Gasteiger charge is 2.54. The van der Waals surface area contributed by atoms with Crippen molar-refractivity contribution in [3.05, 3.63) is 74.7 Å². The number of carbonyl (C=O) groups excluding carboxylic acids is 1. The van der Waals surface area contributed by atoms with Crippen LogP contribution < -0.4 is 15.8 Å². The summed E-state index contributed by atoms with van der Waals surface area (Å²) in [6, 6.07) is 9.42. The van der Waals surface area contributed by atoms with E-state index in [9.17, 15) is 9.59 Å². The van der Waals surface area contributed by atoms with Crippen molar-refractivity contribution in [2.45, 2.75) is 77.4 Å². The molecule has 1 spiro atoms. The number of nitrogens with zero attached hydrogens (tertiary/aromatic N) is 2. The summed E-state index contributed by atoms with van der Waals surface area (Å²) in [5, 5.41) is 3.06. The molecule has 6 heteroatoms. The van der Waals surface area contributed by atoms with E-state index in [0.717, 1.165) is 48.7 Å². The van der Waals surface area contributed by atoms with Crippen molar-refractivity contribution in [1.29, 1.82) is 0 Å². The quantitative estimate of drug-likeness (QED) is 0.628. The summed E-state index contributed by atoms with van der Waals surface area (Å²) in [6.07, 6.45) is 11.9. The Morgan fingerprint density at radius 3 is 2.50 bits per heavy atom. The van der Waals surface area contributed by atoms with Crippen molar-refractivity contribution in [1.82, 2.24) is 15.2 Å². The number of hydrogen-bond acceptors (Lipinski definition) is 4. The minimum absolute atomic E-state index is 0.108. The van der Waals surface area contributed by atoms with Gasteiger partial charge in [-0.2, -0.15) is 0 Å². The van der Waals surface area contributed by atoms with E-state index in [-0.39, 0.29) is 18.0 Å². The van der Waals surface area contributed by atoms with Crippen molar-refractivity contribution in [2.75, 3.05) is 25.5 Å². The number of rotatable bonds is 4. The SMILES string of the molecule is CCN(c1cccc2c1CC=CCCc1cc(C)[nH]c(=O)c1CNC2=O)C1CC2(CC(N(C)C)C2)C1. The zero-order chi connectivity index (χ0) is 25.4. The van der Waals surface area contributed by atoms with Gasteiger partial charge in [0.2, 0.25) is 0 Å². The zero-order valence-corrected chi connectivity index (χ0v) is 22.2. The molecule has 2 aromatic rings. The molecule has 0 saturated heterocycles. The van der Waals surface area contributed by atoms with Crippen LogP contribution in [-0.4, -0.2) is 48.5 Å². The monoisotopic (exact) mass is 488 g/mol. The Balaban J connectivity index is 1.40. The minimum atomic E-state index is -0.110. The first kappa shape index (κ1) is 24.8. The van der Waals surface area contributed by atoms with Gasteiger partial charge in [0.25, 0.3) is 11.5 Å². The molecule has 0 bridgehead atoms. The number of aryl methyl sites for hydroxylation is 2. The predicted molar refractivity (Wildman–Crippen MR) is 146 cm³/mol. The van der Waals surface area contributed by atoms with Crippen LogP contribution in [0.3, 0.4) is 0 Å². The second kappa shape index (κ2) is 9.89. The normalized spacial score (nSPS) is 25.6. The highest BCUT2D eigenvalue weighted by atomic mass is 16.1. The Bertz CT molecular complexity index is 1210. The molecule has 0 unspecified atom stereocenters. The molecular formula is C30H40N4O2. The Kier molecular flexibility index (Phi) is 6.82. The third kappa shape index (κ3) is 4.63. The van der Waals surface area contributed by atoms with Crippen molar-refractivity contribution >= 4 is 11.6 Å². The number of allylic oxidation sites excluding steroid dienone is 2. The van der Waals surface area contributed by atoms with Gasteiger partial charge in [0.1, 0.15) is 0 Å². The average molecular weight is 489 g/mol. The molecule has 0 atom stereocenters. The van der Waals surface area contributed by atoms with Crippen molar-refractivity contribution < 1.29 is 4.79 Å². The fourth-order valence-electron chi connectivity index (χ4n) is 6.72. The lowest BCUT2D eigenvalue weighted by Gasteiger charge is -2.61. The number of pyridine rings is 1. The predicted octanol–water partition coefficient (Wildman–Crippen LogP) is 4.36. The summed E-state index contributed by atoms with van der Waals surface area (Å²) in [7, 11) is 4.38. The van der Waals surface area contributed by atoms with Crippen LogP contribution in [0.5, 0.6) is 0 Å². The van der Waals surface area contributed by atoms with E-state index in [1.807, 2.05) is 25.1 Å². The van der Waals surface area contributed by atoms with Crippen LogP contribution in [-0.2, 0) is 19.4 Å². The van der Waals surface area contributed by atoms with Gasteiger partial charge in [0.05, 0.1) is 0 Å². The van der Waals surface area contributed by atoms with Crippen LogP contribution in [0, 0.1) is 12.3 Å². The number of aromatic nitrogens is 1. The van der Waals surface area contributed by atoms with Crippen molar-refractivity contribution in [2.24, 2.45) is 5.41 Å². The number of fused-ring (bicyclic) bond motifs is 2. The zero-order valence-electron chi connectivity index (χ0n) is 22.2. The number of amides is 1. The van der Waals surface area contributed by atoms with Crippen LogP contribution in [0.1, 0.15) is 71.8 Å². The van der Waals surface area contributed by atoms with Gasteiger partial charge in [-0.1, -0.05) is 18.2 Å². The lowest BCUT2D eigenvalue weighted by Crippen LogP contribution is -2.60. The highest BCUT2D eigenvalue weighted by Crippen LogP contribution is 2.58. The maximum Gasteiger partial charge on any atom is 0.253 e. The van der Waals surface area contributed by atoms with Gasteiger partial charge in [-0.05, 0) is 108 Å². The average Bonchev–Trinajstić information content (AvgIpc) is 2.77. The summed E-state index contributed by atoms with van der Waals surface area (Å²) < 4.78 is 0. The first-order valence-corrected chi connectivity index (χ1v) is 13.5. The lowest BCUT2D eigenvalue weighted by atomic mass is 9.51. The van der Waals surface area contributed by atoms with Gasteiger partial charge < -0.3 is 20.1 Å². The van der Waals surface area contributed by atoms with Crippen LogP contribution in [0.25, 0.3) is 0 Å². The fraction of sp³-hybridized carbons (Fsp3) is 0.533. The summed E-state index contributed by atoms with van der Waals surface area (Å²) in [5.74, 6) is -0.110. The molecular weight excluding hydrogens is 448 g/mol. The second-order valence-corrected chi connectivity index (χ2v) is 11.4. The Labute approximate surface area is 214 Å². The minimum Gasteiger partial charge on any atom is -0.369 e. The number of aromatic amines is 1. The maximum atomic E-state index is 13.4. The van der Waals surface area contributed by atoms with E-state index in [4.69, 9.17) is 0 Å². The first-order chi connectivity index (χ1) is 17.3. The molecule has 2 saturated carbocycles. The summed E-state index contributed by atoms with van der Waals surface area (Å²) in [4.78, 5) is 33.9. The number of hydrogen-bond donors (Lipinski definition) is 2.